The Morgan fingerprint density at radius 3 is 3.00 bits per heavy atom. The number of ether oxygens (including phenoxy) is 1. The number of thiazole rings is 1. The Morgan fingerprint density at radius 1 is 1.40 bits per heavy atom. The van der Waals surface area contributed by atoms with Crippen molar-refractivity contribution in [2.75, 3.05) is 13.2 Å². The van der Waals surface area contributed by atoms with Gasteiger partial charge in [-0.3, -0.25) is 5.32 Å². The van der Waals surface area contributed by atoms with Crippen LogP contribution in [0.15, 0.2) is 29.6 Å². The molecule has 3 rings (SSSR count). The van der Waals surface area contributed by atoms with Crippen molar-refractivity contribution < 1.29 is 4.74 Å². The molecule has 0 amide bonds. The van der Waals surface area contributed by atoms with Crippen LogP contribution in [0.25, 0.3) is 0 Å². The summed E-state index contributed by atoms with van der Waals surface area (Å²) in [6.45, 7) is 6.52. The molecule has 4 heteroatoms. The van der Waals surface area contributed by atoms with Gasteiger partial charge in [0.05, 0.1) is 13.2 Å². The van der Waals surface area contributed by atoms with Crippen LogP contribution in [0.4, 0.5) is 0 Å². The van der Waals surface area contributed by atoms with Gasteiger partial charge in [-0.1, -0.05) is 31.2 Å². The van der Waals surface area contributed by atoms with Crippen LogP contribution in [0.5, 0.6) is 0 Å². The fourth-order valence-corrected chi connectivity index (χ4v) is 3.72. The van der Waals surface area contributed by atoms with Crippen LogP contribution in [-0.2, 0) is 16.9 Å². The number of aryl methyl sites for hydroxylation is 1. The van der Waals surface area contributed by atoms with Gasteiger partial charge in [0, 0.05) is 11.1 Å². The van der Waals surface area contributed by atoms with Gasteiger partial charge in [0.1, 0.15) is 10.5 Å². The first-order valence-electron chi connectivity index (χ1n) is 7.10. The Kier molecular flexibility index (Phi) is 3.87. The summed E-state index contributed by atoms with van der Waals surface area (Å²) < 4.78 is 5.88. The van der Waals surface area contributed by atoms with Gasteiger partial charge in [-0.15, -0.1) is 11.3 Å². The molecule has 1 atom stereocenters. The summed E-state index contributed by atoms with van der Waals surface area (Å²) >= 11 is 1.72. The van der Waals surface area contributed by atoms with E-state index in [1.165, 1.54) is 11.1 Å². The number of aromatic nitrogens is 1. The number of rotatable bonds is 4. The normalized spacial score (nSPS) is 21.7. The van der Waals surface area contributed by atoms with E-state index in [0.717, 1.165) is 23.7 Å². The van der Waals surface area contributed by atoms with E-state index < -0.39 is 0 Å². The molecule has 0 spiro atoms. The van der Waals surface area contributed by atoms with Crippen LogP contribution in [0.1, 0.15) is 35.2 Å². The Morgan fingerprint density at radius 2 is 2.25 bits per heavy atom. The van der Waals surface area contributed by atoms with Gasteiger partial charge < -0.3 is 4.74 Å². The molecule has 1 unspecified atom stereocenters. The number of hydrogen-bond donors (Lipinski definition) is 1. The summed E-state index contributed by atoms with van der Waals surface area (Å²) in [5.74, 6) is 0. The lowest BCUT2D eigenvalue weighted by atomic mass is 9.85. The van der Waals surface area contributed by atoms with Crippen molar-refractivity contribution in [3.05, 3.63) is 51.5 Å². The standard InChI is InChI=1S/C16H20N2OS/c1-3-8-17-16(15-18-12(2)10-20-15)11-19-9-13-6-4-5-7-14(13)16/h4-7,10,17H,3,8-9,11H2,1-2H3. The number of benzene rings is 1. The molecule has 3 nitrogen and oxygen atoms in total. The molecule has 0 saturated carbocycles. The lowest BCUT2D eigenvalue weighted by molar-refractivity contribution is 0.0524. The van der Waals surface area contributed by atoms with Crippen molar-refractivity contribution in [2.24, 2.45) is 0 Å². The minimum absolute atomic E-state index is 0.288. The zero-order valence-corrected chi connectivity index (χ0v) is 12.8. The molecule has 0 aliphatic carbocycles. The molecule has 1 aromatic carbocycles. The van der Waals surface area contributed by atoms with Crippen molar-refractivity contribution in [1.29, 1.82) is 0 Å². The van der Waals surface area contributed by atoms with E-state index in [9.17, 15) is 0 Å². The molecular weight excluding hydrogens is 268 g/mol. The molecule has 0 bridgehead atoms. The smallest absolute Gasteiger partial charge is 0.120 e. The van der Waals surface area contributed by atoms with Crippen molar-refractivity contribution in [3.63, 3.8) is 0 Å². The van der Waals surface area contributed by atoms with E-state index in [4.69, 9.17) is 9.72 Å². The molecule has 1 aliphatic rings. The van der Waals surface area contributed by atoms with Crippen molar-refractivity contribution in [1.82, 2.24) is 10.3 Å². The first-order valence-corrected chi connectivity index (χ1v) is 7.98. The summed E-state index contributed by atoms with van der Waals surface area (Å²) in [5, 5.41) is 6.91. The minimum Gasteiger partial charge on any atom is -0.374 e. The lowest BCUT2D eigenvalue weighted by Gasteiger charge is -2.38. The van der Waals surface area contributed by atoms with E-state index in [0.29, 0.717) is 13.2 Å². The summed E-state index contributed by atoms with van der Waals surface area (Å²) in [6, 6.07) is 8.53. The van der Waals surface area contributed by atoms with E-state index in [2.05, 4.69) is 41.9 Å². The zero-order valence-electron chi connectivity index (χ0n) is 12.0. The maximum absolute atomic E-state index is 5.88. The number of nitrogens with zero attached hydrogens (tertiary/aromatic N) is 1. The van der Waals surface area contributed by atoms with Gasteiger partial charge in [0.25, 0.3) is 0 Å². The van der Waals surface area contributed by atoms with Crippen LogP contribution >= 0.6 is 11.3 Å². The molecule has 1 N–H and O–H groups in total. The molecule has 2 heterocycles. The number of fused-ring (bicyclic) bond motifs is 1. The highest BCUT2D eigenvalue weighted by atomic mass is 32.1. The van der Waals surface area contributed by atoms with Crippen molar-refractivity contribution in [2.45, 2.75) is 32.4 Å². The van der Waals surface area contributed by atoms with Crippen LogP contribution < -0.4 is 5.32 Å². The second-order valence-electron chi connectivity index (χ2n) is 5.28. The van der Waals surface area contributed by atoms with Gasteiger partial charge in [0.15, 0.2) is 0 Å². The van der Waals surface area contributed by atoms with E-state index in [1.807, 2.05) is 6.92 Å². The van der Waals surface area contributed by atoms with E-state index in [-0.39, 0.29) is 5.54 Å². The molecule has 2 aromatic rings. The van der Waals surface area contributed by atoms with Gasteiger partial charge >= 0.3 is 0 Å². The van der Waals surface area contributed by atoms with Crippen LogP contribution in [0, 0.1) is 6.92 Å². The van der Waals surface area contributed by atoms with Crippen molar-refractivity contribution in [3.8, 4) is 0 Å². The average Bonchev–Trinajstić information content (AvgIpc) is 2.92. The molecule has 1 aliphatic heterocycles. The third-order valence-electron chi connectivity index (χ3n) is 3.71. The highest BCUT2D eigenvalue weighted by Crippen LogP contribution is 2.37. The Bertz CT molecular complexity index is 596. The predicted octanol–water partition coefficient (Wildman–Crippen LogP) is 3.22. The van der Waals surface area contributed by atoms with Gasteiger partial charge in [-0.05, 0) is 31.0 Å². The molecular formula is C16H20N2OS. The molecule has 0 radical (unpaired) electrons. The summed E-state index contributed by atoms with van der Waals surface area (Å²) in [7, 11) is 0. The second kappa shape index (κ2) is 5.64. The molecule has 20 heavy (non-hydrogen) atoms. The van der Waals surface area contributed by atoms with E-state index in [1.54, 1.807) is 11.3 Å². The van der Waals surface area contributed by atoms with Crippen LogP contribution in [0.3, 0.4) is 0 Å². The largest absolute Gasteiger partial charge is 0.374 e. The first kappa shape index (κ1) is 13.7. The Hall–Kier alpha value is -1.23. The Labute approximate surface area is 124 Å². The van der Waals surface area contributed by atoms with E-state index >= 15 is 0 Å². The fourth-order valence-electron chi connectivity index (χ4n) is 2.74. The Balaban J connectivity index is 2.12. The first-order chi connectivity index (χ1) is 9.76. The highest BCUT2D eigenvalue weighted by molar-refractivity contribution is 7.09. The second-order valence-corrected chi connectivity index (χ2v) is 6.13. The highest BCUT2D eigenvalue weighted by Gasteiger charge is 2.40. The summed E-state index contributed by atoms with van der Waals surface area (Å²) in [4.78, 5) is 4.73. The number of nitrogens with one attached hydrogen (secondary N) is 1. The SMILES string of the molecule is CCCNC1(c2nc(C)cs2)COCc2ccccc21. The predicted molar refractivity (Wildman–Crippen MR) is 82.0 cm³/mol. The fraction of sp³-hybridized carbons (Fsp3) is 0.438. The maximum Gasteiger partial charge on any atom is 0.120 e. The lowest BCUT2D eigenvalue weighted by Crippen LogP contribution is -2.50. The molecule has 0 fully saturated rings. The third-order valence-corrected chi connectivity index (χ3v) is 4.84. The number of hydrogen-bond acceptors (Lipinski definition) is 4. The zero-order chi connectivity index (χ0) is 14.0. The summed E-state index contributed by atoms with van der Waals surface area (Å²) in [5.41, 5.74) is 3.36. The molecule has 1 aromatic heterocycles. The van der Waals surface area contributed by atoms with Crippen LogP contribution in [-0.4, -0.2) is 18.1 Å². The quantitative estimate of drug-likeness (QED) is 0.938. The minimum atomic E-state index is -0.288. The van der Waals surface area contributed by atoms with Crippen LogP contribution in [0.2, 0.25) is 0 Å². The average molecular weight is 288 g/mol. The van der Waals surface area contributed by atoms with Gasteiger partial charge in [-0.25, -0.2) is 4.98 Å². The molecule has 106 valence electrons. The van der Waals surface area contributed by atoms with Crippen molar-refractivity contribution >= 4 is 11.3 Å². The topological polar surface area (TPSA) is 34.2 Å². The van der Waals surface area contributed by atoms with Gasteiger partial charge in [0.2, 0.25) is 0 Å². The van der Waals surface area contributed by atoms with Gasteiger partial charge in [-0.2, -0.15) is 0 Å². The monoisotopic (exact) mass is 288 g/mol. The maximum atomic E-state index is 5.88. The summed E-state index contributed by atoms with van der Waals surface area (Å²) in [6.07, 6.45) is 1.09. The third kappa shape index (κ3) is 2.28. The molecule has 0 saturated heterocycles.